The SMILES string of the molecule is COc1ccc(Oc2c(C)oc3cc(OCC(=O)NC4CC4)ccc3c2=O)cc1. The molecular formula is C22H21NO6. The summed E-state index contributed by atoms with van der Waals surface area (Å²) in [5.41, 5.74) is 0.0901. The van der Waals surface area contributed by atoms with E-state index < -0.39 is 0 Å². The minimum Gasteiger partial charge on any atom is -0.497 e. The number of aryl methyl sites for hydroxylation is 1. The number of methoxy groups -OCH3 is 1. The van der Waals surface area contributed by atoms with E-state index >= 15 is 0 Å². The molecule has 1 aromatic heterocycles. The summed E-state index contributed by atoms with van der Waals surface area (Å²) in [6, 6.07) is 12.0. The van der Waals surface area contributed by atoms with Gasteiger partial charge in [0.1, 0.15) is 28.6 Å². The van der Waals surface area contributed by atoms with Gasteiger partial charge in [-0.3, -0.25) is 9.59 Å². The molecule has 1 saturated carbocycles. The first-order valence-electron chi connectivity index (χ1n) is 9.35. The predicted octanol–water partition coefficient (Wildman–Crippen LogP) is 3.56. The Morgan fingerprint density at radius 3 is 2.48 bits per heavy atom. The summed E-state index contributed by atoms with van der Waals surface area (Å²) in [4.78, 5) is 24.6. The average molecular weight is 395 g/mol. The van der Waals surface area contributed by atoms with Gasteiger partial charge in [-0.05, 0) is 56.2 Å². The molecule has 7 heteroatoms. The van der Waals surface area contributed by atoms with Gasteiger partial charge >= 0.3 is 0 Å². The number of fused-ring (bicyclic) bond motifs is 1. The molecule has 0 bridgehead atoms. The number of hydrogen-bond acceptors (Lipinski definition) is 6. The molecule has 0 saturated heterocycles. The van der Waals surface area contributed by atoms with Crippen molar-refractivity contribution in [3.8, 4) is 23.0 Å². The molecule has 0 radical (unpaired) electrons. The molecule has 0 aliphatic heterocycles. The Morgan fingerprint density at radius 2 is 1.79 bits per heavy atom. The Bertz CT molecular complexity index is 1100. The van der Waals surface area contributed by atoms with Crippen LogP contribution >= 0.6 is 0 Å². The number of hydrogen-bond donors (Lipinski definition) is 1. The van der Waals surface area contributed by atoms with Crippen LogP contribution in [0.1, 0.15) is 18.6 Å². The number of carbonyl (C=O) groups is 1. The van der Waals surface area contributed by atoms with Gasteiger partial charge in [-0.15, -0.1) is 0 Å². The lowest BCUT2D eigenvalue weighted by Crippen LogP contribution is -2.30. The van der Waals surface area contributed by atoms with Gasteiger partial charge in [0.05, 0.1) is 12.5 Å². The fraction of sp³-hybridized carbons (Fsp3) is 0.273. The maximum absolute atomic E-state index is 12.9. The van der Waals surface area contributed by atoms with E-state index in [-0.39, 0.29) is 29.7 Å². The standard InChI is InChI=1S/C22H21NO6/c1-13-22(29-16-7-5-15(26-2)6-8-16)21(25)18-10-9-17(11-19(18)28-13)27-12-20(24)23-14-3-4-14/h5-11,14H,3-4,12H2,1-2H3,(H,23,24). The number of rotatable bonds is 7. The number of amides is 1. The monoisotopic (exact) mass is 395 g/mol. The minimum atomic E-state index is -0.280. The van der Waals surface area contributed by atoms with Gasteiger partial charge in [-0.1, -0.05) is 0 Å². The highest BCUT2D eigenvalue weighted by Gasteiger charge is 2.23. The lowest BCUT2D eigenvalue weighted by molar-refractivity contribution is -0.123. The third-order valence-electron chi connectivity index (χ3n) is 4.58. The zero-order valence-electron chi connectivity index (χ0n) is 16.2. The molecule has 2 aromatic carbocycles. The summed E-state index contributed by atoms with van der Waals surface area (Å²) in [6.45, 7) is 1.58. The van der Waals surface area contributed by atoms with E-state index in [1.165, 1.54) is 0 Å². The highest BCUT2D eigenvalue weighted by atomic mass is 16.5. The summed E-state index contributed by atoms with van der Waals surface area (Å²) < 4.78 is 22.2. The number of benzene rings is 2. The van der Waals surface area contributed by atoms with Gasteiger partial charge < -0.3 is 23.9 Å². The molecular weight excluding hydrogens is 374 g/mol. The summed E-state index contributed by atoms with van der Waals surface area (Å²) >= 11 is 0. The second-order valence-electron chi connectivity index (χ2n) is 6.88. The molecule has 0 atom stereocenters. The summed E-state index contributed by atoms with van der Waals surface area (Å²) in [7, 11) is 1.58. The molecule has 29 heavy (non-hydrogen) atoms. The van der Waals surface area contributed by atoms with Crippen molar-refractivity contribution in [3.63, 3.8) is 0 Å². The van der Waals surface area contributed by atoms with Crippen molar-refractivity contribution in [2.24, 2.45) is 0 Å². The predicted molar refractivity (Wildman–Crippen MR) is 107 cm³/mol. The van der Waals surface area contributed by atoms with Gasteiger partial charge in [-0.2, -0.15) is 0 Å². The first kappa shape index (κ1) is 18.9. The van der Waals surface area contributed by atoms with Crippen LogP contribution in [-0.2, 0) is 4.79 Å². The Morgan fingerprint density at radius 1 is 1.10 bits per heavy atom. The number of nitrogens with one attached hydrogen (secondary N) is 1. The molecule has 0 unspecified atom stereocenters. The van der Waals surface area contributed by atoms with Gasteiger partial charge in [0.2, 0.25) is 11.2 Å². The molecule has 1 fully saturated rings. The van der Waals surface area contributed by atoms with Crippen LogP contribution in [0, 0.1) is 6.92 Å². The first-order valence-corrected chi connectivity index (χ1v) is 9.35. The smallest absolute Gasteiger partial charge is 0.258 e. The molecule has 3 aromatic rings. The fourth-order valence-corrected chi connectivity index (χ4v) is 2.88. The van der Waals surface area contributed by atoms with Crippen LogP contribution in [0.3, 0.4) is 0 Å². The van der Waals surface area contributed by atoms with Crippen molar-refractivity contribution in [3.05, 3.63) is 58.4 Å². The van der Waals surface area contributed by atoms with Crippen LogP contribution in [0.5, 0.6) is 23.0 Å². The van der Waals surface area contributed by atoms with Crippen molar-refractivity contribution in [2.75, 3.05) is 13.7 Å². The molecule has 1 heterocycles. The molecule has 150 valence electrons. The molecule has 1 aliphatic carbocycles. The van der Waals surface area contributed by atoms with Gasteiger partial charge in [0, 0.05) is 12.1 Å². The molecule has 7 nitrogen and oxygen atoms in total. The Kier molecular flexibility index (Phi) is 5.12. The van der Waals surface area contributed by atoms with Gasteiger partial charge in [-0.25, -0.2) is 0 Å². The highest BCUT2D eigenvalue weighted by molar-refractivity contribution is 5.80. The molecule has 4 rings (SSSR count). The summed E-state index contributed by atoms with van der Waals surface area (Å²) in [5.74, 6) is 1.96. The van der Waals surface area contributed by atoms with Crippen LogP contribution < -0.4 is 25.0 Å². The third-order valence-corrected chi connectivity index (χ3v) is 4.58. The maximum Gasteiger partial charge on any atom is 0.258 e. The van der Waals surface area contributed by atoms with Crippen LogP contribution in [0.4, 0.5) is 0 Å². The third kappa shape index (κ3) is 4.34. The van der Waals surface area contributed by atoms with E-state index in [1.54, 1.807) is 56.5 Å². The largest absolute Gasteiger partial charge is 0.497 e. The van der Waals surface area contributed by atoms with Crippen molar-refractivity contribution >= 4 is 16.9 Å². The van der Waals surface area contributed by atoms with Gasteiger partial charge in [0.25, 0.3) is 5.91 Å². The van der Waals surface area contributed by atoms with E-state index in [0.29, 0.717) is 34.0 Å². The van der Waals surface area contributed by atoms with Crippen molar-refractivity contribution in [1.82, 2.24) is 5.32 Å². The van der Waals surface area contributed by atoms with E-state index in [2.05, 4.69) is 5.32 Å². The van der Waals surface area contributed by atoms with E-state index in [4.69, 9.17) is 18.6 Å². The quantitative estimate of drug-likeness (QED) is 0.658. The molecule has 1 amide bonds. The summed E-state index contributed by atoms with van der Waals surface area (Å²) in [5, 5.41) is 3.22. The Balaban J connectivity index is 1.54. The topological polar surface area (TPSA) is 87.0 Å². The van der Waals surface area contributed by atoms with Crippen molar-refractivity contribution in [1.29, 1.82) is 0 Å². The lowest BCUT2D eigenvalue weighted by Gasteiger charge is -2.10. The van der Waals surface area contributed by atoms with E-state index in [9.17, 15) is 9.59 Å². The molecule has 0 spiro atoms. The molecule has 1 aliphatic rings. The van der Waals surface area contributed by atoms with Crippen LogP contribution in [0.2, 0.25) is 0 Å². The summed E-state index contributed by atoms with van der Waals surface area (Å²) in [6.07, 6.45) is 2.04. The zero-order valence-corrected chi connectivity index (χ0v) is 16.2. The Hall–Kier alpha value is -3.48. The van der Waals surface area contributed by atoms with Crippen molar-refractivity contribution in [2.45, 2.75) is 25.8 Å². The average Bonchev–Trinajstić information content (AvgIpc) is 3.53. The van der Waals surface area contributed by atoms with Crippen LogP contribution in [0.15, 0.2) is 51.7 Å². The maximum atomic E-state index is 12.9. The van der Waals surface area contributed by atoms with Crippen molar-refractivity contribution < 1.29 is 23.4 Å². The first-order chi connectivity index (χ1) is 14.0. The molecule has 1 N–H and O–H groups in total. The highest BCUT2D eigenvalue weighted by Crippen LogP contribution is 2.28. The van der Waals surface area contributed by atoms with E-state index in [1.807, 2.05) is 0 Å². The van der Waals surface area contributed by atoms with Crippen LogP contribution in [0.25, 0.3) is 11.0 Å². The number of ether oxygens (including phenoxy) is 3. The van der Waals surface area contributed by atoms with Gasteiger partial charge in [0.15, 0.2) is 6.61 Å². The minimum absolute atomic E-state index is 0.0795. The second-order valence-corrected chi connectivity index (χ2v) is 6.88. The van der Waals surface area contributed by atoms with E-state index in [0.717, 1.165) is 12.8 Å². The lowest BCUT2D eigenvalue weighted by atomic mass is 10.2. The zero-order chi connectivity index (χ0) is 20.4. The second kappa shape index (κ2) is 7.87. The Labute approximate surface area is 167 Å². The normalized spacial score (nSPS) is 13.2. The van der Waals surface area contributed by atoms with Crippen LogP contribution in [-0.4, -0.2) is 25.7 Å². The number of carbonyl (C=O) groups excluding carboxylic acids is 1. The fourth-order valence-electron chi connectivity index (χ4n) is 2.88.